The Kier molecular flexibility index (Phi) is 18.8. The first-order valence-electron chi connectivity index (χ1n) is 11.8. The van der Waals surface area contributed by atoms with Gasteiger partial charge in [0.25, 0.3) is 0 Å². The Balaban J connectivity index is 4.18. The van der Waals surface area contributed by atoms with Gasteiger partial charge in [-0.3, -0.25) is 14.4 Å². The zero-order chi connectivity index (χ0) is 23.3. The van der Waals surface area contributed by atoms with Gasteiger partial charge in [-0.15, -0.1) is 0 Å². The number of aliphatic hydroxyl groups is 1. The maximum absolute atomic E-state index is 12.1. The molecule has 31 heavy (non-hydrogen) atoms. The monoisotopic (exact) mass is 441 g/mol. The highest BCUT2D eigenvalue weighted by molar-refractivity contribution is 5.73. The van der Waals surface area contributed by atoms with E-state index in [1.54, 1.807) is 0 Å². The topological polar surface area (TPSA) is 116 Å². The van der Waals surface area contributed by atoms with Crippen molar-refractivity contribution in [2.75, 3.05) is 7.11 Å². The van der Waals surface area contributed by atoms with Gasteiger partial charge in [0.1, 0.15) is 6.10 Å². The summed E-state index contributed by atoms with van der Waals surface area (Å²) >= 11 is 0. The van der Waals surface area contributed by atoms with Crippen LogP contribution in [0.25, 0.3) is 0 Å². The normalized spacial score (nSPS) is 13.1. The van der Waals surface area contributed by atoms with E-state index in [0.717, 1.165) is 57.8 Å². The minimum atomic E-state index is -0.730. The lowest BCUT2D eigenvalue weighted by molar-refractivity contribution is -0.155. The second-order valence-corrected chi connectivity index (χ2v) is 8.00. The van der Waals surface area contributed by atoms with Crippen LogP contribution < -0.4 is 5.73 Å². The van der Waals surface area contributed by atoms with Gasteiger partial charge in [-0.05, 0) is 44.9 Å². The highest BCUT2D eigenvalue weighted by Crippen LogP contribution is 2.16. The van der Waals surface area contributed by atoms with Crippen molar-refractivity contribution in [2.45, 2.75) is 115 Å². The van der Waals surface area contributed by atoms with Crippen molar-refractivity contribution in [1.29, 1.82) is 0 Å². The number of ether oxygens (including phenoxy) is 2. The molecule has 7 nitrogen and oxygen atoms in total. The maximum atomic E-state index is 12.1. The van der Waals surface area contributed by atoms with E-state index >= 15 is 0 Å². The molecule has 2 unspecified atom stereocenters. The summed E-state index contributed by atoms with van der Waals surface area (Å²) < 4.78 is 10.1. The van der Waals surface area contributed by atoms with Gasteiger partial charge in [0, 0.05) is 19.3 Å². The third kappa shape index (κ3) is 18.6. The average molecular weight is 442 g/mol. The Hall–Kier alpha value is -1.89. The quantitative estimate of drug-likeness (QED) is 0.165. The molecule has 180 valence electrons. The molecular formula is C24H43NO6. The molecule has 0 rings (SSSR count). The van der Waals surface area contributed by atoms with E-state index < -0.39 is 12.2 Å². The zero-order valence-electron chi connectivity index (χ0n) is 19.5. The van der Waals surface area contributed by atoms with Crippen LogP contribution in [0.3, 0.4) is 0 Å². The second-order valence-electron chi connectivity index (χ2n) is 8.00. The van der Waals surface area contributed by atoms with E-state index in [-0.39, 0.29) is 30.7 Å². The Labute approximate surface area is 187 Å². The van der Waals surface area contributed by atoms with E-state index in [1.807, 2.05) is 6.08 Å². The Morgan fingerprint density at radius 1 is 0.871 bits per heavy atom. The number of carbonyl (C=O) groups excluding carboxylic acids is 3. The first-order valence-corrected chi connectivity index (χ1v) is 11.8. The zero-order valence-corrected chi connectivity index (χ0v) is 19.5. The summed E-state index contributed by atoms with van der Waals surface area (Å²) in [5.74, 6) is -0.964. The highest BCUT2D eigenvalue weighted by atomic mass is 16.6. The van der Waals surface area contributed by atoms with Gasteiger partial charge in [0.2, 0.25) is 5.91 Å². The minimum Gasteiger partial charge on any atom is -0.469 e. The molecule has 0 saturated heterocycles. The number of esters is 2. The molecule has 3 N–H and O–H groups in total. The molecule has 0 saturated carbocycles. The lowest BCUT2D eigenvalue weighted by atomic mass is 10.0. The summed E-state index contributed by atoms with van der Waals surface area (Å²) in [7, 11) is 1.32. The lowest BCUT2D eigenvalue weighted by Gasteiger charge is -2.22. The summed E-state index contributed by atoms with van der Waals surface area (Å²) in [6.07, 6.45) is 14.1. The van der Waals surface area contributed by atoms with Crippen molar-refractivity contribution < 1.29 is 29.0 Å². The van der Waals surface area contributed by atoms with E-state index in [4.69, 9.17) is 10.5 Å². The number of allylic oxidation sites excluding steroid dienone is 1. The summed E-state index contributed by atoms with van der Waals surface area (Å²) in [6.45, 7) is 2.10. The average Bonchev–Trinajstić information content (AvgIpc) is 2.73. The van der Waals surface area contributed by atoms with Gasteiger partial charge >= 0.3 is 11.9 Å². The third-order valence-corrected chi connectivity index (χ3v) is 5.13. The fraction of sp³-hybridized carbons (Fsp3) is 0.792. The van der Waals surface area contributed by atoms with Crippen molar-refractivity contribution in [3.8, 4) is 0 Å². The van der Waals surface area contributed by atoms with Crippen LogP contribution in [0.5, 0.6) is 0 Å². The predicted molar refractivity (Wildman–Crippen MR) is 121 cm³/mol. The van der Waals surface area contributed by atoms with Crippen molar-refractivity contribution in [1.82, 2.24) is 0 Å². The van der Waals surface area contributed by atoms with Gasteiger partial charge in [-0.1, -0.05) is 51.2 Å². The van der Waals surface area contributed by atoms with Gasteiger partial charge in [-0.25, -0.2) is 0 Å². The van der Waals surface area contributed by atoms with Crippen LogP contribution in [0, 0.1) is 0 Å². The smallest absolute Gasteiger partial charge is 0.306 e. The number of rotatable bonds is 20. The first kappa shape index (κ1) is 29.1. The Morgan fingerprint density at radius 3 is 2.23 bits per heavy atom. The summed E-state index contributed by atoms with van der Waals surface area (Å²) in [5.41, 5.74) is 5.12. The number of hydrogen-bond donors (Lipinski definition) is 2. The molecule has 0 aromatic carbocycles. The van der Waals surface area contributed by atoms with Crippen LogP contribution >= 0.6 is 0 Å². The van der Waals surface area contributed by atoms with Crippen molar-refractivity contribution in [3.05, 3.63) is 12.2 Å². The van der Waals surface area contributed by atoms with E-state index in [0.29, 0.717) is 25.7 Å². The fourth-order valence-electron chi connectivity index (χ4n) is 3.23. The molecule has 7 heteroatoms. The van der Waals surface area contributed by atoms with Gasteiger partial charge in [-0.2, -0.15) is 0 Å². The molecule has 0 aromatic rings. The number of amides is 1. The minimum absolute atomic E-state index is 0.140. The molecule has 0 aliphatic carbocycles. The molecule has 2 atom stereocenters. The Bertz CT molecular complexity index is 520. The van der Waals surface area contributed by atoms with Crippen LogP contribution in [0.2, 0.25) is 0 Å². The lowest BCUT2D eigenvalue weighted by Crippen LogP contribution is -2.31. The van der Waals surface area contributed by atoms with Gasteiger partial charge in [0.05, 0.1) is 13.2 Å². The molecule has 0 aliphatic heterocycles. The fourth-order valence-corrected chi connectivity index (χ4v) is 3.23. The molecule has 0 radical (unpaired) electrons. The van der Waals surface area contributed by atoms with Gasteiger partial charge < -0.3 is 20.3 Å². The predicted octanol–water partition coefficient (Wildman–Crippen LogP) is 4.35. The maximum Gasteiger partial charge on any atom is 0.306 e. The number of aliphatic hydroxyl groups excluding tert-OH is 1. The van der Waals surface area contributed by atoms with Crippen LogP contribution in [0.1, 0.15) is 103 Å². The largest absolute Gasteiger partial charge is 0.469 e. The molecule has 0 aliphatic rings. The molecule has 0 fully saturated rings. The number of carbonyl (C=O) groups is 3. The summed E-state index contributed by atoms with van der Waals surface area (Å²) in [6, 6.07) is 0. The van der Waals surface area contributed by atoms with E-state index in [1.165, 1.54) is 7.11 Å². The number of primary amides is 1. The van der Waals surface area contributed by atoms with Crippen LogP contribution in [0.15, 0.2) is 12.2 Å². The number of nitrogens with two attached hydrogens (primary N) is 1. The molecule has 0 aromatic heterocycles. The summed E-state index contributed by atoms with van der Waals surface area (Å²) in [5, 5.41) is 10.5. The molecule has 1 amide bonds. The number of methoxy groups -OCH3 is 1. The van der Waals surface area contributed by atoms with Crippen molar-refractivity contribution in [3.63, 3.8) is 0 Å². The molecule has 0 spiro atoms. The molecule has 0 bridgehead atoms. The first-order chi connectivity index (χ1) is 14.9. The van der Waals surface area contributed by atoms with Crippen LogP contribution in [-0.2, 0) is 23.9 Å². The molecule has 0 heterocycles. The standard InChI is InChI=1S/C24H43NO6/c1-3-4-11-16-21(31-24(29)19-14-18-23(28)30-2)20(26)15-12-9-7-5-6-8-10-13-17-22(25)27/h9,12,20-21,26H,3-8,10-11,13-19H2,1-2H3,(H2,25,27). The third-order valence-electron chi connectivity index (χ3n) is 5.13. The van der Waals surface area contributed by atoms with Crippen molar-refractivity contribution in [2.24, 2.45) is 5.73 Å². The summed E-state index contributed by atoms with van der Waals surface area (Å²) in [4.78, 5) is 33.9. The Morgan fingerprint density at radius 2 is 1.55 bits per heavy atom. The van der Waals surface area contributed by atoms with Crippen molar-refractivity contribution >= 4 is 17.8 Å². The SMILES string of the molecule is CCCCCC(OC(=O)CCCC(=O)OC)C(O)CC=CCCCCCCCC(N)=O. The highest BCUT2D eigenvalue weighted by Gasteiger charge is 2.22. The number of unbranched alkanes of at least 4 members (excludes halogenated alkanes) is 7. The van der Waals surface area contributed by atoms with E-state index in [9.17, 15) is 19.5 Å². The molecular weight excluding hydrogens is 398 g/mol. The van der Waals surface area contributed by atoms with Crippen LogP contribution in [0.4, 0.5) is 0 Å². The van der Waals surface area contributed by atoms with Gasteiger partial charge in [0.15, 0.2) is 0 Å². The second kappa shape index (κ2) is 20.0. The van der Waals surface area contributed by atoms with Crippen LogP contribution in [-0.4, -0.2) is 42.3 Å². The van der Waals surface area contributed by atoms with E-state index in [2.05, 4.69) is 17.7 Å². The number of hydrogen-bond acceptors (Lipinski definition) is 6.